The molecule has 38 heavy (non-hydrogen) atoms. The van der Waals surface area contributed by atoms with Crippen LogP contribution in [0.4, 0.5) is 17.2 Å². The van der Waals surface area contributed by atoms with Crippen LogP contribution in [0.5, 0.6) is 11.5 Å². The molecule has 9 nitrogen and oxygen atoms in total. The summed E-state index contributed by atoms with van der Waals surface area (Å²) in [5.74, 6) is 1.36. The third-order valence-corrected chi connectivity index (χ3v) is 5.47. The Balaban J connectivity index is 1.38. The lowest BCUT2D eigenvalue weighted by molar-refractivity contribution is -0.117. The van der Waals surface area contributed by atoms with Gasteiger partial charge in [0.05, 0.1) is 5.52 Å². The fourth-order valence-electron chi connectivity index (χ4n) is 3.60. The maximum absolute atomic E-state index is 12.4. The highest BCUT2D eigenvalue weighted by molar-refractivity contribution is 6.04. The quantitative estimate of drug-likeness (QED) is 0.198. The number of rotatable bonds is 11. The smallest absolute Gasteiger partial charge is 0.248 e. The van der Waals surface area contributed by atoms with Gasteiger partial charge in [-0.05, 0) is 81.7 Å². The Labute approximate surface area is 221 Å². The number of para-hydroxylation sites is 1. The standard InChI is InChI=1S/C29H30N6O3/c1-35(2)18-6-17-30-27(36)15-16-28(37)33-22-11-14-26-25(19-22)29(32-20-31-26)34-21-9-12-24(13-10-21)38-23-7-4-3-5-8-23/h3-5,7-16,19-20H,6,17-18H2,1-2H3,(H,30,36)(H,33,37)(H,31,32,34)/b16-15+. The number of nitrogens with zero attached hydrogens (tertiary/aromatic N) is 3. The van der Waals surface area contributed by atoms with Crippen LogP contribution in [-0.4, -0.2) is 53.9 Å². The third-order valence-electron chi connectivity index (χ3n) is 5.47. The highest BCUT2D eigenvalue weighted by Gasteiger charge is 2.08. The van der Waals surface area contributed by atoms with Gasteiger partial charge in [0, 0.05) is 35.5 Å². The Morgan fingerprint density at radius 3 is 2.34 bits per heavy atom. The molecule has 0 aliphatic rings. The molecular formula is C29H30N6O3. The molecule has 0 spiro atoms. The van der Waals surface area contributed by atoms with Crippen LogP contribution in [0.1, 0.15) is 6.42 Å². The SMILES string of the molecule is CN(C)CCCNC(=O)/C=C/C(=O)Nc1ccc2ncnc(Nc3ccc(Oc4ccccc4)cc3)c2c1. The first-order chi connectivity index (χ1) is 18.5. The van der Waals surface area contributed by atoms with Crippen LogP contribution in [0.2, 0.25) is 0 Å². The molecule has 1 aromatic heterocycles. The lowest BCUT2D eigenvalue weighted by atomic mass is 10.2. The van der Waals surface area contributed by atoms with Crippen LogP contribution in [0.15, 0.2) is 91.3 Å². The van der Waals surface area contributed by atoms with Crippen LogP contribution < -0.4 is 20.7 Å². The zero-order valence-electron chi connectivity index (χ0n) is 21.3. The first kappa shape index (κ1) is 26.3. The molecule has 0 saturated heterocycles. The minimum atomic E-state index is -0.409. The van der Waals surface area contributed by atoms with E-state index < -0.39 is 5.91 Å². The number of carbonyl (C=O) groups is 2. The van der Waals surface area contributed by atoms with Crippen molar-refractivity contribution in [2.45, 2.75) is 6.42 Å². The number of anilines is 3. The number of hydrogen-bond acceptors (Lipinski definition) is 7. The van der Waals surface area contributed by atoms with Crippen molar-refractivity contribution in [2.75, 3.05) is 37.8 Å². The molecule has 0 radical (unpaired) electrons. The maximum atomic E-state index is 12.4. The fourth-order valence-corrected chi connectivity index (χ4v) is 3.60. The molecule has 4 rings (SSSR count). The van der Waals surface area contributed by atoms with Crippen LogP contribution in [-0.2, 0) is 9.59 Å². The van der Waals surface area contributed by atoms with Crippen LogP contribution in [0.25, 0.3) is 10.9 Å². The van der Waals surface area contributed by atoms with E-state index >= 15 is 0 Å². The van der Waals surface area contributed by atoms with Gasteiger partial charge in [0.1, 0.15) is 23.6 Å². The van der Waals surface area contributed by atoms with Gasteiger partial charge in [0.25, 0.3) is 0 Å². The van der Waals surface area contributed by atoms with E-state index in [-0.39, 0.29) is 5.91 Å². The zero-order chi connectivity index (χ0) is 26.7. The number of aromatic nitrogens is 2. The van der Waals surface area contributed by atoms with Crippen LogP contribution in [0, 0.1) is 0 Å². The summed E-state index contributed by atoms with van der Waals surface area (Å²) >= 11 is 0. The summed E-state index contributed by atoms with van der Waals surface area (Å²) in [6.45, 7) is 1.42. The number of fused-ring (bicyclic) bond motifs is 1. The van der Waals surface area contributed by atoms with Gasteiger partial charge in [-0.3, -0.25) is 9.59 Å². The average molecular weight is 511 g/mol. The maximum Gasteiger partial charge on any atom is 0.248 e. The molecule has 0 unspecified atom stereocenters. The molecule has 0 saturated carbocycles. The van der Waals surface area contributed by atoms with Crippen molar-refractivity contribution in [3.05, 3.63) is 91.3 Å². The number of hydrogen-bond donors (Lipinski definition) is 3. The van der Waals surface area contributed by atoms with Crippen LogP contribution in [0.3, 0.4) is 0 Å². The highest BCUT2D eigenvalue weighted by atomic mass is 16.5. The summed E-state index contributed by atoms with van der Waals surface area (Å²) in [4.78, 5) is 35.0. The van der Waals surface area contributed by atoms with Gasteiger partial charge in [-0.15, -0.1) is 0 Å². The lowest BCUT2D eigenvalue weighted by Crippen LogP contribution is -2.25. The van der Waals surface area contributed by atoms with Gasteiger partial charge in [-0.25, -0.2) is 9.97 Å². The molecule has 0 bridgehead atoms. The van der Waals surface area contributed by atoms with Crippen molar-refractivity contribution in [1.29, 1.82) is 0 Å². The topological polar surface area (TPSA) is 108 Å². The van der Waals surface area contributed by atoms with E-state index in [9.17, 15) is 9.59 Å². The molecule has 2 amide bonds. The molecule has 4 aromatic rings. The molecule has 0 atom stereocenters. The van der Waals surface area contributed by atoms with Gasteiger partial charge in [0.2, 0.25) is 11.8 Å². The number of nitrogens with one attached hydrogen (secondary N) is 3. The summed E-state index contributed by atoms with van der Waals surface area (Å²) in [6.07, 6.45) is 4.76. The Morgan fingerprint density at radius 2 is 1.58 bits per heavy atom. The molecule has 0 aliphatic heterocycles. The lowest BCUT2D eigenvalue weighted by Gasteiger charge is -2.11. The van der Waals surface area contributed by atoms with Crippen molar-refractivity contribution in [3.8, 4) is 11.5 Å². The molecule has 9 heteroatoms. The van der Waals surface area contributed by atoms with E-state index in [0.29, 0.717) is 18.1 Å². The first-order valence-corrected chi connectivity index (χ1v) is 12.2. The number of amides is 2. The minimum Gasteiger partial charge on any atom is -0.457 e. The second-order valence-electron chi connectivity index (χ2n) is 8.79. The predicted octanol–water partition coefficient (Wildman–Crippen LogP) is 4.73. The Kier molecular flexibility index (Phi) is 8.98. The predicted molar refractivity (Wildman–Crippen MR) is 150 cm³/mol. The van der Waals surface area contributed by atoms with Gasteiger partial charge in [-0.1, -0.05) is 18.2 Å². The summed E-state index contributed by atoms with van der Waals surface area (Å²) in [5, 5.41) is 9.58. The molecular weight excluding hydrogens is 480 g/mol. The van der Waals surface area contributed by atoms with Gasteiger partial charge in [0.15, 0.2) is 0 Å². The van der Waals surface area contributed by atoms with Crippen molar-refractivity contribution < 1.29 is 14.3 Å². The molecule has 3 aromatic carbocycles. The fraction of sp³-hybridized carbons (Fsp3) is 0.172. The molecule has 3 N–H and O–H groups in total. The van der Waals surface area contributed by atoms with Crippen molar-refractivity contribution in [1.82, 2.24) is 20.2 Å². The zero-order valence-corrected chi connectivity index (χ0v) is 21.3. The van der Waals surface area contributed by atoms with Gasteiger partial charge in [-0.2, -0.15) is 0 Å². The minimum absolute atomic E-state index is 0.308. The van der Waals surface area contributed by atoms with Crippen LogP contribution >= 0.6 is 0 Å². The monoisotopic (exact) mass is 510 g/mol. The van der Waals surface area contributed by atoms with E-state index in [0.717, 1.165) is 41.1 Å². The summed E-state index contributed by atoms with van der Waals surface area (Å²) in [6, 6.07) is 22.4. The van der Waals surface area contributed by atoms with E-state index in [1.807, 2.05) is 73.6 Å². The molecule has 0 aliphatic carbocycles. The first-order valence-electron chi connectivity index (χ1n) is 12.2. The average Bonchev–Trinajstić information content (AvgIpc) is 2.92. The molecule has 0 fully saturated rings. The van der Waals surface area contributed by atoms with E-state index in [4.69, 9.17) is 4.74 Å². The number of benzene rings is 3. The second kappa shape index (κ2) is 13.0. The van der Waals surface area contributed by atoms with E-state index in [2.05, 4.69) is 25.9 Å². The van der Waals surface area contributed by atoms with Crippen molar-refractivity contribution >= 4 is 39.9 Å². The summed E-state index contributed by atoms with van der Waals surface area (Å²) < 4.78 is 5.85. The number of ether oxygens (including phenoxy) is 1. The second-order valence-corrected chi connectivity index (χ2v) is 8.79. The normalized spacial score (nSPS) is 11.0. The van der Waals surface area contributed by atoms with Gasteiger partial charge >= 0.3 is 0 Å². The van der Waals surface area contributed by atoms with Crippen molar-refractivity contribution in [2.24, 2.45) is 0 Å². The van der Waals surface area contributed by atoms with Crippen molar-refractivity contribution in [3.63, 3.8) is 0 Å². The Hall–Kier alpha value is -4.76. The Morgan fingerprint density at radius 1 is 0.868 bits per heavy atom. The summed E-state index contributed by atoms with van der Waals surface area (Å²) in [5.41, 5.74) is 2.10. The largest absolute Gasteiger partial charge is 0.457 e. The highest BCUT2D eigenvalue weighted by Crippen LogP contribution is 2.28. The Bertz CT molecular complexity index is 1410. The van der Waals surface area contributed by atoms with E-state index in [1.165, 1.54) is 18.5 Å². The summed E-state index contributed by atoms with van der Waals surface area (Å²) in [7, 11) is 3.95. The third kappa shape index (κ3) is 7.87. The molecule has 1 heterocycles. The molecule has 194 valence electrons. The number of carbonyl (C=O) groups excluding carboxylic acids is 2. The van der Waals surface area contributed by atoms with Gasteiger partial charge < -0.3 is 25.6 Å². The van der Waals surface area contributed by atoms with E-state index in [1.54, 1.807) is 18.2 Å².